The van der Waals surface area contributed by atoms with E-state index in [1.807, 2.05) is 6.20 Å². The molecule has 0 aromatic carbocycles. The van der Waals surface area contributed by atoms with Gasteiger partial charge in [0.25, 0.3) is 0 Å². The van der Waals surface area contributed by atoms with Gasteiger partial charge in [0.1, 0.15) is 17.5 Å². The Morgan fingerprint density at radius 1 is 1.08 bits per heavy atom. The topological polar surface area (TPSA) is 46.8 Å². The van der Waals surface area contributed by atoms with Gasteiger partial charge in [-0.25, -0.2) is 15.0 Å². The first-order valence-corrected chi connectivity index (χ1v) is 9.44. The maximum Gasteiger partial charge on any atom is 0.133 e. The summed E-state index contributed by atoms with van der Waals surface area (Å²) in [6, 6.07) is 2.61. The van der Waals surface area contributed by atoms with Crippen LogP contribution in [0.3, 0.4) is 0 Å². The second-order valence-corrected chi connectivity index (χ2v) is 7.57. The molecule has 2 aliphatic carbocycles. The molecular formula is C19H25N5. The van der Waals surface area contributed by atoms with E-state index in [0.29, 0.717) is 12.0 Å². The maximum atomic E-state index is 4.86. The van der Waals surface area contributed by atoms with Crippen molar-refractivity contribution >= 4 is 5.82 Å². The molecule has 3 aliphatic rings. The standard InChI is InChI=1S/C19H25N5/c1-13-21-16-4-2-3-5-17(16)24(13)15-9-11-23(12-15)18-8-10-20-19(22-18)14-6-7-14/h8,10,14-15H,2-7,9,11-12H2,1H3/t15-/m0/s1. The first kappa shape index (κ1) is 14.4. The predicted octanol–water partition coefficient (Wildman–Crippen LogP) is 3.19. The normalized spacial score (nSPS) is 23.5. The van der Waals surface area contributed by atoms with Crippen molar-refractivity contribution in [3.05, 3.63) is 35.3 Å². The predicted molar refractivity (Wildman–Crippen MR) is 93.5 cm³/mol. The molecule has 0 bridgehead atoms. The summed E-state index contributed by atoms with van der Waals surface area (Å²) in [7, 11) is 0. The first-order chi connectivity index (χ1) is 11.8. The monoisotopic (exact) mass is 323 g/mol. The molecule has 5 rings (SSSR count). The summed E-state index contributed by atoms with van der Waals surface area (Å²) in [5, 5.41) is 0. The highest BCUT2D eigenvalue weighted by Crippen LogP contribution is 2.39. The van der Waals surface area contributed by atoms with Gasteiger partial charge >= 0.3 is 0 Å². The number of fused-ring (bicyclic) bond motifs is 1. The highest BCUT2D eigenvalue weighted by Gasteiger charge is 2.31. The Balaban J connectivity index is 1.39. The van der Waals surface area contributed by atoms with Crippen LogP contribution in [0.5, 0.6) is 0 Å². The Labute approximate surface area is 143 Å². The van der Waals surface area contributed by atoms with Gasteiger partial charge in [0.05, 0.1) is 11.7 Å². The molecule has 5 heteroatoms. The van der Waals surface area contributed by atoms with E-state index in [0.717, 1.165) is 31.2 Å². The van der Waals surface area contributed by atoms with E-state index in [1.54, 1.807) is 0 Å². The lowest BCUT2D eigenvalue weighted by Crippen LogP contribution is -2.23. The molecule has 0 unspecified atom stereocenters. The van der Waals surface area contributed by atoms with Crippen LogP contribution in [0.1, 0.15) is 67.1 Å². The number of aromatic nitrogens is 4. The molecule has 0 spiro atoms. The fourth-order valence-corrected chi connectivity index (χ4v) is 4.42. The average Bonchev–Trinajstić information content (AvgIpc) is 3.25. The number of nitrogens with zero attached hydrogens (tertiary/aromatic N) is 5. The zero-order valence-corrected chi connectivity index (χ0v) is 14.4. The number of rotatable bonds is 3. The van der Waals surface area contributed by atoms with Crippen molar-refractivity contribution in [3.63, 3.8) is 0 Å². The van der Waals surface area contributed by atoms with Gasteiger partial charge in [0.2, 0.25) is 0 Å². The Morgan fingerprint density at radius 3 is 2.83 bits per heavy atom. The van der Waals surface area contributed by atoms with E-state index in [4.69, 9.17) is 9.97 Å². The van der Waals surface area contributed by atoms with Gasteiger partial charge in [-0.2, -0.15) is 0 Å². The lowest BCUT2D eigenvalue weighted by molar-refractivity contribution is 0.504. The Hall–Kier alpha value is -1.91. The van der Waals surface area contributed by atoms with Gasteiger partial charge in [-0.3, -0.25) is 0 Å². The van der Waals surface area contributed by atoms with Crippen molar-refractivity contribution in [1.29, 1.82) is 0 Å². The largest absolute Gasteiger partial charge is 0.354 e. The minimum Gasteiger partial charge on any atom is -0.354 e. The average molecular weight is 323 g/mol. The lowest BCUT2D eigenvalue weighted by atomic mass is 10.0. The van der Waals surface area contributed by atoms with Crippen molar-refractivity contribution in [1.82, 2.24) is 19.5 Å². The molecular weight excluding hydrogens is 298 g/mol. The molecule has 3 heterocycles. The van der Waals surface area contributed by atoms with Crippen molar-refractivity contribution in [2.45, 2.75) is 63.8 Å². The second kappa shape index (κ2) is 5.57. The van der Waals surface area contributed by atoms with Crippen LogP contribution in [-0.4, -0.2) is 32.6 Å². The highest BCUT2D eigenvalue weighted by atomic mass is 15.3. The molecule has 1 aliphatic heterocycles. The molecule has 2 fully saturated rings. The third-order valence-corrected chi connectivity index (χ3v) is 5.80. The molecule has 1 saturated heterocycles. The molecule has 2 aromatic heterocycles. The molecule has 126 valence electrons. The number of aryl methyl sites for hydroxylation is 2. The van der Waals surface area contributed by atoms with Crippen LogP contribution < -0.4 is 4.90 Å². The van der Waals surface area contributed by atoms with Gasteiger partial charge in [-0.05, 0) is 57.9 Å². The Bertz CT molecular complexity index is 761. The van der Waals surface area contributed by atoms with Gasteiger partial charge in [0, 0.05) is 30.9 Å². The third-order valence-electron chi connectivity index (χ3n) is 5.80. The van der Waals surface area contributed by atoms with E-state index in [9.17, 15) is 0 Å². The smallest absolute Gasteiger partial charge is 0.133 e. The summed E-state index contributed by atoms with van der Waals surface area (Å²) in [6.07, 6.45) is 10.6. The van der Waals surface area contributed by atoms with E-state index in [-0.39, 0.29) is 0 Å². The summed E-state index contributed by atoms with van der Waals surface area (Å²) in [5.41, 5.74) is 2.86. The molecule has 0 radical (unpaired) electrons. The fourth-order valence-electron chi connectivity index (χ4n) is 4.42. The number of hydrogen-bond acceptors (Lipinski definition) is 4. The first-order valence-electron chi connectivity index (χ1n) is 9.44. The zero-order chi connectivity index (χ0) is 16.1. The minimum absolute atomic E-state index is 0.540. The summed E-state index contributed by atoms with van der Waals surface area (Å²) in [6.45, 7) is 4.31. The van der Waals surface area contributed by atoms with Crippen LogP contribution >= 0.6 is 0 Å². The molecule has 0 amide bonds. The summed E-state index contributed by atoms with van der Waals surface area (Å²) in [4.78, 5) is 16.6. The van der Waals surface area contributed by atoms with E-state index in [2.05, 4.69) is 27.4 Å². The number of hydrogen-bond donors (Lipinski definition) is 0. The summed E-state index contributed by atoms with van der Waals surface area (Å²) < 4.78 is 2.54. The molecule has 1 atom stereocenters. The van der Waals surface area contributed by atoms with Crippen LogP contribution in [0.25, 0.3) is 0 Å². The van der Waals surface area contributed by atoms with Gasteiger partial charge in [-0.1, -0.05) is 0 Å². The van der Waals surface area contributed by atoms with Crippen molar-refractivity contribution in [3.8, 4) is 0 Å². The molecule has 5 nitrogen and oxygen atoms in total. The zero-order valence-electron chi connectivity index (χ0n) is 14.4. The highest BCUT2D eigenvalue weighted by molar-refractivity contribution is 5.40. The number of anilines is 1. The fraction of sp³-hybridized carbons (Fsp3) is 0.632. The maximum absolute atomic E-state index is 4.86. The minimum atomic E-state index is 0.540. The third kappa shape index (κ3) is 2.41. The van der Waals surface area contributed by atoms with Gasteiger partial charge in [-0.15, -0.1) is 0 Å². The molecule has 1 saturated carbocycles. The number of imidazole rings is 1. The van der Waals surface area contributed by atoms with Crippen LogP contribution in [0, 0.1) is 6.92 Å². The van der Waals surface area contributed by atoms with Crippen molar-refractivity contribution in [2.75, 3.05) is 18.0 Å². The van der Waals surface area contributed by atoms with Crippen LogP contribution in [-0.2, 0) is 12.8 Å². The molecule has 2 aromatic rings. The van der Waals surface area contributed by atoms with Crippen LogP contribution in [0.4, 0.5) is 5.82 Å². The Morgan fingerprint density at radius 2 is 1.96 bits per heavy atom. The quantitative estimate of drug-likeness (QED) is 0.870. The van der Waals surface area contributed by atoms with Crippen molar-refractivity contribution in [2.24, 2.45) is 0 Å². The van der Waals surface area contributed by atoms with Crippen LogP contribution in [0.2, 0.25) is 0 Å². The van der Waals surface area contributed by atoms with E-state index < -0.39 is 0 Å². The Kier molecular flexibility index (Phi) is 3.35. The van der Waals surface area contributed by atoms with Gasteiger partial charge in [0.15, 0.2) is 0 Å². The van der Waals surface area contributed by atoms with Gasteiger partial charge < -0.3 is 9.47 Å². The second-order valence-electron chi connectivity index (χ2n) is 7.57. The van der Waals surface area contributed by atoms with Crippen molar-refractivity contribution < 1.29 is 0 Å². The molecule has 0 N–H and O–H groups in total. The summed E-state index contributed by atoms with van der Waals surface area (Å²) >= 11 is 0. The van der Waals surface area contributed by atoms with E-state index in [1.165, 1.54) is 55.7 Å². The van der Waals surface area contributed by atoms with E-state index >= 15 is 0 Å². The SMILES string of the molecule is Cc1nc2c(n1[C@H]1CCN(c3ccnc(C4CC4)n3)C1)CCCC2. The van der Waals surface area contributed by atoms with Crippen LogP contribution in [0.15, 0.2) is 12.3 Å². The summed E-state index contributed by atoms with van der Waals surface area (Å²) in [5.74, 6) is 3.98. The lowest BCUT2D eigenvalue weighted by Gasteiger charge is -2.22. The molecule has 24 heavy (non-hydrogen) atoms.